The van der Waals surface area contributed by atoms with Gasteiger partial charge in [-0.1, -0.05) is 44.0 Å². The van der Waals surface area contributed by atoms with Crippen LogP contribution in [-0.4, -0.2) is 24.7 Å². The molecule has 2 rings (SSSR count). The van der Waals surface area contributed by atoms with E-state index in [-0.39, 0.29) is 5.91 Å². The average Bonchev–Trinajstić information content (AvgIpc) is 2.66. The Morgan fingerprint density at radius 1 is 1.19 bits per heavy atom. The molecule has 4 heteroatoms. The molecule has 0 saturated carbocycles. The second-order valence-electron chi connectivity index (χ2n) is 6.52. The molecule has 26 heavy (non-hydrogen) atoms. The summed E-state index contributed by atoms with van der Waals surface area (Å²) in [5.41, 5.74) is 2.88. The van der Waals surface area contributed by atoms with E-state index in [9.17, 15) is 9.90 Å². The summed E-state index contributed by atoms with van der Waals surface area (Å²) in [4.78, 5) is 13.9. The zero-order valence-corrected chi connectivity index (χ0v) is 15.9. The van der Waals surface area contributed by atoms with Crippen molar-refractivity contribution in [3.63, 3.8) is 0 Å². The molecule has 0 heterocycles. The van der Waals surface area contributed by atoms with Crippen LogP contribution in [0.1, 0.15) is 50.3 Å². The summed E-state index contributed by atoms with van der Waals surface area (Å²) >= 11 is 0. The summed E-state index contributed by atoms with van der Waals surface area (Å²) in [6, 6.07) is 15.6. The molecule has 140 valence electrons. The molecule has 1 amide bonds. The van der Waals surface area contributed by atoms with Gasteiger partial charge in [-0.2, -0.15) is 0 Å². The molecule has 1 atom stereocenters. The Morgan fingerprint density at radius 3 is 2.54 bits per heavy atom. The van der Waals surface area contributed by atoms with Crippen LogP contribution in [0.15, 0.2) is 48.5 Å². The third kappa shape index (κ3) is 5.60. The Kier molecular flexibility index (Phi) is 7.67. The molecule has 4 nitrogen and oxygen atoms in total. The maximum atomic E-state index is 12.1. The van der Waals surface area contributed by atoms with Crippen LogP contribution >= 0.6 is 0 Å². The molecular formula is C22H29NO3. The molecule has 1 unspecified atom stereocenters. The number of unbranched alkanes of at least 4 members (excludes halogenated alkanes) is 1. The largest absolute Gasteiger partial charge is 0.497 e. The number of amides is 1. The first-order valence-electron chi connectivity index (χ1n) is 9.24. The van der Waals surface area contributed by atoms with Gasteiger partial charge in [0.05, 0.1) is 13.2 Å². The third-order valence-electron chi connectivity index (χ3n) is 4.56. The van der Waals surface area contributed by atoms with Crippen molar-refractivity contribution in [2.75, 3.05) is 18.6 Å². The first kappa shape index (κ1) is 20.0. The van der Waals surface area contributed by atoms with Crippen LogP contribution in [0.4, 0.5) is 5.69 Å². The highest BCUT2D eigenvalue weighted by Crippen LogP contribution is 2.23. The quantitative estimate of drug-likeness (QED) is 0.720. The van der Waals surface area contributed by atoms with Crippen LogP contribution < -0.4 is 9.64 Å². The average molecular weight is 355 g/mol. The minimum atomic E-state index is -0.438. The first-order chi connectivity index (χ1) is 12.5. The lowest BCUT2D eigenvalue weighted by atomic mass is 10.0. The van der Waals surface area contributed by atoms with E-state index >= 15 is 0 Å². The van der Waals surface area contributed by atoms with Crippen LogP contribution in [0.25, 0.3) is 0 Å². The highest BCUT2D eigenvalue weighted by atomic mass is 16.5. The Morgan fingerprint density at radius 2 is 1.92 bits per heavy atom. The van der Waals surface area contributed by atoms with E-state index in [1.807, 2.05) is 48.5 Å². The first-order valence-corrected chi connectivity index (χ1v) is 9.24. The molecular weight excluding hydrogens is 326 g/mol. The van der Waals surface area contributed by atoms with Crippen molar-refractivity contribution in [2.45, 2.75) is 45.6 Å². The van der Waals surface area contributed by atoms with Crippen LogP contribution in [0, 0.1) is 0 Å². The van der Waals surface area contributed by atoms with Crippen LogP contribution in [0.5, 0.6) is 5.75 Å². The van der Waals surface area contributed by atoms with Gasteiger partial charge in [-0.3, -0.25) is 4.79 Å². The van der Waals surface area contributed by atoms with Crippen LogP contribution in [0.2, 0.25) is 0 Å². The van der Waals surface area contributed by atoms with Gasteiger partial charge in [0.15, 0.2) is 0 Å². The van der Waals surface area contributed by atoms with E-state index in [1.54, 1.807) is 18.9 Å². The SMILES string of the molecule is CCCCC(O)c1ccc(N(CCc2cccc(OC)c2)C(C)=O)cc1. The number of carbonyl (C=O) groups excluding carboxylic acids is 1. The van der Waals surface area contributed by atoms with E-state index in [0.29, 0.717) is 6.54 Å². The van der Waals surface area contributed by atoms with Gasteiger partial charge in [0.1, 0.15) is 5.75 Å². The van der Waals surface area contributed by atoms with Crippen molar-refractivity contribution in [1.29, 1.82) is 0 Å². The number of rotatable bonds is 9. The summed E-state index contributed by atoms with van der Waals surface area (Å²) in [6.45, 7) is 4.29. The van der Waals surface area contributed by atoms with E-state index < -0.39 is 6.10 Å². The van der Waals surface area contributed by atoms with Gasteiger partial charge in [0.25, 0.3) is 0 Å². The Labute approximate surface area is 156 Å². The van der Waals surface area contributed by atoms with Gasteiger partial charge in [-0.15, -0.1) is 0 Å². The van der Waals surface area contributed by atoms with E-state index in [4.69, 9.17) is 4.74 Å². The number of hydrogen-bond donors (Lipinski definition) is 1. The lowest BCUT2D eigenvalue weighted by Gasteiger charge is -2.22. The third-order valence-corrected chi connectivity index (χ3v) is 4.56. The van der Waals surface area contributed by atoms with Gasteiger partial charge >= 0.3 is 0 Å². The number of hydrogen-bond acceptors (Lipinski definition) is 3. The van der Waals surface area contributed by atoms with Gasteiger partial charge < -0.3 is 14.7 Å². The number of ether oxygens (including phenoxy) is 1. The monoisotopic (exact) mass is 355 g/mol. The summed E-state index contributed by atoms with van der Waals surface area (Å²) in [7, 11) is 1.65. The molecule has 0 saturated heterocycles. The zero-order chi connectivity index (χ0) is 18.9. The fraction of sp³-hybridized carbons (Fsp3) is 0.409. The molecule has 0 bridgehead atoms. The summed E-state index contributed by atoms with van der Waals surface area (Å²) < 4.78 is 5.25. The van der Waals surface area contributed by atoms with Crippen LogP contribution in [-0.2, 0) is 11.2 Å². The maximum Gasteiger partial charge on any atom is 0.223 e. The normalized spacial score (nSPS) is 11.8. The fourth-order valence-electron chi connectivity index (χ4n) is 2.98. The molecule has 0 aromatic heterocycles. The molecule has 0 radical (unpaired) electrons. The summed E-state index contributed by atoms with van der Waals surface area (Å²) in [6.07, 6.45) is 3.15. The van der Waals surface area contributed by atoms with Gasteiger partial charge in [-0.25, -0.2) is 0 Å². The molecule has 2 aromatic carbocycles. The molecule has 0 aliphatic rings. The Hall–Kier alpha value is -2.33. The predicted octanol–water partition coefficient (Wildman–Crippen LogP) is 4.51. The second kappa shape index (κ2) is 9.97. The minimum absolute atomic E-state index is 0.00665. The van der Waals surface area contributed by atoms with Crippen molar-refractivity contribution >= 4 is 11.6 Å². The number of benzene rings is 2. The topological polar surface area (TPSA) is 49.8 Å². The lowest BCUT2D eigenvalue weighted by Crippen LogP contribution is -2.30. The van der Waals surface area contributed by atoms with E-state index in [1.165, 1.54) is 0 Å². The van der Waals surface area contributed by atoms with Crippen molar-refractivity contribution in [2.24, 2.45) is 0 Å². The molecule has 2 aromatic rings. The smallest absolute Gasteiger partial charge is 0.223 e. The number of carbonyl (C=O) groups is 1. The predicted molar refractivity (Wildman–Crippen MR) is 106 cm³/mol. The van der Waals surface area contributed by atoms with Crippen LogP contribution in [0.3, 0.4) is 0 Å². The fourth-order valence-corrected chi connectivity index (χ4v) is 2.98. The molecule has 0 fully saturated rings. The Bertz CT molecular complexity index is 697. The second-order valence-corrected chi connectivity index (χ2v) is 6.52. The highest BCUT2D eigenvalue weighted by molar-refractivity contribution is 5.91. The maximum absolute atomic E-state index is 12.1. The summed E-state index contributed by atoms with van der Waals surface area (Å²) in [5.74, 6) is 0.828. The molecule has 0 aliphatic carbocycles. The van der Waals surface area contributed by atoms with E-state index in [2.05, 4.69) is 6.92 Å². The van der Waals surface area contributed by atoms with E-state index in [0.717, 1.165) is 48.2 Å². The van der Waals surface area contributed by atoms with Gasteiger partial charge in [-0.05, 0) is 48.2 Å². The number of aliphatic hydroxyl groups is 1. The minimum Gasteiger partial charge on any atom is -0.497 e. The molecule has 0 spiro atoms. The number of aliphatic hydroxyl groups excluding tert-OH is 1. The van der Waals surface area contributed by atoms with Crippen molar-refractivity contribution in [3.8, 4) is 5.75 Å². The summed E-state index contributed by atoms with van der Waals surface area (Å²) in [5, 5.41) is 10.2. The molecule has 1 N–H and O–H groups in total. The standard InChI is InChI=1S/C22H29NO3/c1-4-5-9-22(25)19-10-12-20(13-11-19)23(17(2)24)15-14-18-7-6-8-21(16-18)26-3/h6-8,10-13,16,22,25H,4-5,9,14-15H2,1-3H3. The number of nitrogens with zero attached hydrogens (tertiary/aromatic N) is 1. The lowest BCUT2D eigenvalue weighted by molar-refractivity contribution is -0.116. The van der Waals surface area contributed by atoms with Gasteiger partial charge in [0, 0.05) is 19.2 Å². The molecule has 0 aliphatic heterocycles. The highest BCUT2D eigenvalue weighted by Gasteiger charge is 2.13. The van der Waals surface area contributed by atoms with Crippen molar-refractivity contribution in [3.05, 3.63) is 59.7 Å². The van der Waals surface area contributed by atoms with Gasteiger partial charge in [0.2, 0.25) is 5.91 Å². The zero-order valence-electron chi connectivity index (χ0n) is 15.9. The van der Waals surface area contributed by atoms with Crippen molar-refractivity contribution in [1.82, 2.24) is 0 Å². The number of methoxy groups -OCH3 is 1. The van der Waals surface area contributed by atoms with Crippen molar-refractivity contribution < 1.29 is 14.6 Å². The number of anilines is 1. The Balaban J connectivity index is 2.05.